The van der Waals surface area contributed by atoms with Crippen molar-refractivity contribution in [1.29, 1.82) is 0 Å². The van der Waals surface area contributed by atoms with Crippen molar-refractivity contribution in [2.45, 2.75) is 71.5 Å². The van der Waals surface area contributed by atoms with E-state index in [-0.39, 0.29) is 0 Å². The maximum Gasteiger partial charge on any atom is 0.116 e. The van der Waals surface area contributed by atoms with E-state index in [0.717, 1.165) is 12.7 Å². The molecule has 2 atom stereocenters. The Balaban J connectivity index is 0.000000770. The third-order valence-corrected chi connectivity index (χ3v) is 3.08. The summed E-state index contributed by atoms with van der Waals surface area (Å²) in [5.74, 6) is 0.700. The van der Waals surface area contributed by atoms with Crippen molar-refractivity contribution < 1.29 is 14.6 Å². The van der Waals surface area contributed by atoms with Crippen LogP contribution in [-0.2, 0) is 9.53 Å². The molecule has 0 aromatic rings. The number of hydrogen-bond acceptors (Lipinski definition) is 3. The first kappa shape index (κ1) is 16.6. The zero-order valence-corrected chi connectivity index (χ0v) is 11.7. The Morgan fingerprint density at radius 1 is 1.35 bits per heavy atom. The predicted octanol–water partition coefficient (Wildman–Crippen LogP) is 2.95. The van der Waals surface area contributed by atoms with E-state index in [1.54, 1.807) is 0 Å². The van der Waals surface area contributed by atoms with Gasteiger partial charge in [0.15, 0.2) is 0 Å². The highest BCUT2D eigenvalue weighted by molar-refractivity contribution is 5.44. The second-order valence-corrected chi connectivity index (χ2v) is 5.47. The molecule has 102 valence electrons. The highest BCUT2D eigenvalue weighted by atomic mass is 16.5. The number of aliphatic hydroxyl groups is 1. The van der Waals surface area contributed by atoms with Crippen LogP contribution in [0.15, 0.2) is 0 Å². The van der Waals surface area contributed by atoms with Crippen molar-refractivity contribution in [3.05, 3.63) is 0 Å². The summed E-state index contributed by atoms with van der Waals surface area (Å²) in [5, 5.41) is 9.53. The summed E-state index contributed by atoms with van der Waals surface area (Å²) in [6.45, 7) is 8.08. The highest BCUT2D eigenvalue weighted by Gasteiger charge is 2.22. The minimum Gasteiger partial charge on any atom is -0.390 e. The van der Waals surface area contributed by atoms with Gasteiger partial charge in [-0.3, -0.25) is 0 Å². The predicted molar refractivity (Wildman–Crippen MR) is 70.0 cm³/mol. The van der Waals surface area contributed by atoms with E-state index in [1.807, 2.05) is 13.8 Å². The average Bonchev–Trinajstić information content (AvgIpc) is 2.20. The van der Waals surface area contributed by atoms with Crippen molar-refractivity contribution in [2.75, 3.05) is 6.61 Å². The maximum absolute atomic E-state index is 9.53. The molecule has 0 radical (unpaired) electrons. The van der Waals surface area contributed by atoms with Crippen molar-refractivity contribution in [3.63, 3.8) is 0 Å². The molecular formula is C14H28O3. The summed E-state index contributed by atoms with van der Waals surface area (Å²) in [6, 6.07) is 0. The molecule has 1 aliphatic carbocycles. The van der Waals surface area contributed by atoms with E-state index in [9.17, 15) is 5.11 Å². The number of rotatable bonds is 4. The molecule has 0 heterocycles. The summed E-state index contributed by atoms with van der Waals surface area (Å²) in [6.07, 6.45) is 7.08. The Hall–Kier alpha value is -0.410. The molecule has 1 N–H and O–H groups in total. The van der Waals surface area contributed by atoms with Crippen LogP contribution in [0.3, 0.4) is 0 Å². The third kappa shape index (κ3) is 9.31. The van der Waals surface area contributed by atoms with Crippen LogP contribution < -0.4 is 0 Å². The molecule has 0 amide bonds. The normalized spacial score (nSPS) is 24.8. The quantitative estimate of drug-likeness (QED) is 0.773. The van der Waals surface area contributed by atoms with Gasteiger partial charge < -0.3 is 14.6 Å². The van der Waals surface area contributed by atoms with Crippen LogP contribution in [0.2, 0.25) is 0 Å². The Morgan fingerprint density at radius 2 is 1.88 bits per heavy atom. The van der Waals surface area contributed by atoms with Gasteiger partial charge in [-0.05, 0) is 46.0 Å². The molecule has 17 heavy (non-hydrogen) atoms. The molecule has 3 nitrogen and oxygen atoms in total. The topological polar surface area (TPSA) is 46.5 Å². The molecule has 0 bridgehead atoms. The Kier molecular flexibility index (Phi) is 8.44. The van der Waals surface area contributed by atoms with Crippen LogP contribution >= 0.6 is 0 Å². The number of ether oxygens (including phenoxy) is 1. The van der Waals surface area contributed by atoms with Gasteiger partial charge >= 0.3 is 0 Å². The lowest BCUT2D eigenvalue weighted by Gasteiger charge is -2.29. The summed E-state index contributed by atoms with van der Waals surface area (Å²) >= 11 is 0. The number of carbonyl (C=O) groups is 1. The molecule has 0 aliphatic heterocycles. The molecule has 0 spiro atoms. The van der Waals surface area contributed by atoms with Crippen LogP contribution in [0.4, 0.5) is 0 Å². The molecule has 3 heteroatoms. The second-order valence-electron chi connectivity index (χ2n) is 5.47. The van der Waals surface area contributed by atoms with Gasteiger partial charge in [-0.25, -0.2) is 0 Å². The van der Waals surface area contributed by atoms with Crippen LogP contribution in [0.5, 0.6) is 0 Å². The number of aldehydes is 1. The van der Waals surface area contributed by atoms with Gasteiger partial charge in [0.1, 0.15) is 6.29 Å². The van der Waals surface area contributed by atoms with Gasteiger partial charge in [-0.15, -0.1) is 0 Å². The molecule has 1 aliphatic rings. The fraction of sp³-hybridized carbons (Fsp3) is 0.929. The average molecular weight is 244 g/mol. The van der Waals surface area contributed by atoms with Crippen LogP contribution in [0, 0.1) is 5.92 Å². The van der Waals surface area contributed by atoms with E-state index in [0.29, 0.717) is 18.6 Å². The summed E-state index contributed by atoms with van der Waals surface area (Å²) in [7, 11) is 0. The first-order chi connectivity index (χ1) is 7.90. The fourth-order valence-electron chi connectivity index (χ4n) is 1.99. The lowest BCUT2D eigenvalue weighted by molar-refractivity contribution is -0.106. The van der Waals surface area contributed by atoms with E-state index >= 15 is 0 Å². The van der Waals surface area contributed by atoms with Crippen molar-refractivity contribution in [3.8, 4) is 0 Å². The van der Waals surface area contributed by atoms with Crippen molar-refractivity contribution >= 4 is 6.29 Å². The van der Waals surface area contributed by atoms with Gasteiger partial charge in [0.05, 0.1) is 11.7 Å². The van der Waals surface area contributed by atoms with Gasteiger partial charge in [0.2, 0.25) is 0 Å². The zero-order chi connectivity index (χ0) is 13.3. The Labute approximate surface area is 106 Å². The van der Waals surface area contributed by atoms with Crippen molar-refractivity contribution in [1.82, 2.24) is 0 Å². The Bertz CT molecular complexity index is 196. The molecule has 1 rings (SSSR count). The van der Waals surface area contributed by atoms with E-state index in [1.165, 1.54) is 32.6 Å². The molecule has 0 aromatic carbocycles. The van der Waals surface area contributed by atoms with Crippen LogP contribution in [0.1, 0.15) is 59.8 Å². The first-order valence-corrected chi connectivity index (χ1v) is 6.64. The molecule has 1 fully saturated rings. The second kappa shape index (κ2) is 8.65. The maximum atomic E-state index is 9.53. The number of hydrogen-bond donors (Lipinski definition) is 1. The van der Waals surface area contributed by atoms with Crippen LogP contribution in [0.25, 0.3) is 0 Å². The van der Waals surface area contributed by atoms with Crippen LogP contribution in [-0.4, -0.2) is 29.7 Å². The van der Waals surface area contributed by atoms with E-state index < -0.39 is 5.60 Å². The van der Waals surface area contributed by atoms with E-state index in [4.69, 9.17) is 9.53 Å². The minimum absolute atomic E-state index is 0.436. The monoisotopic (exact) mass is 244 g/mol. The van der Waals surface area contributed by atoms with Gasteiger partial charge in [-0.1, -0.05) is 19.8 Å². The van der Waals surface area contributed by atoms with E-state index in [2.05, 4.69) is 6.92 Å². The molecule has 0 saturated heterocycles. The van der Waals surface area contributed by atoms with Gasteiger partial charge in [0, 0.05) is 6.61 Å². The zero-order valence-electron chi connectivity index (χ0n) is 11.7. The minimum atomic E-state index is -0.585. The van der Waals surface area contributed by atoms with Crippen molar-refractivity contribution in [2.24, 2.45) is 5.92 Å². The number of carbonyl (C=O) groups excluding carboxylic acids is 1. The van der Waals surface area contributed by atoms with Gasteiger partial charge in [0.25, 0.3) is 0 Å². The summed E-state index contributed by atoms with van der Waals surface area (Å²) in [5.41, 5.74) is -0.585. The molecule has 1 saturated carbocycles. The highest BCUT2D eigenvalue weighted by Crippen LogP contribution is 2.26. The standard InChI is InChI=1S/C12H24O2.C2H4O/c1-10-6-4-5-7-11(10)14-9-8-12(2,3)13;1-2-3/h10-11,13H,4-9H2,1-3H3;2H,1H3. The smallest absolute Gasteiger partial charge is 0.116 e. The van der Waals surface area contributed by atoms with Gasteiger partial charge in [-0.2, -0.15) is 0 Å². The summed E-state index contributed by atoms with van der Waals surface area (Å²) < 4.78 is 5.81. The first-order valence-electron chi connectivity index (χ1n) is 6.64. The lowest BCUT2D eigenvalue weighted by atomic mass is 9.88. The largest absolute Gasteiger partial charge is 0.390 e. The lowest BCUT2D eigenvalue weighted by Crippen LogP contribution is -2.28. The molecular weight excluding hydrogens is 216 g/mol. The molecule has 0 aromatic heterocycles. The Morgan fingerprint density at radius 3 is 2.35 bits per heavy atom. The summed E-state index contributed by atoms with van der Waals surface area (Å²) in [4.78, 5) is 8.81. The fourth-order valence-corrected chi connectivity index (χ4v) is 1.99. The molecule has 2 unspecified atom stereocenters. The third-order valence-electron chi connectivity index (χ3n) is 3.08. The SMILES string of the molecule is CC1CCCCC1OCCC(C)(C)O.CC=O.